The van der Waals surface area contributed by atoms with Crippen LogP contribution in [0.5, 0.6) is 0 Å². The van der Waals surface area contributed by atoms with E-state index in [-0.39, 0.29) is 0 Å². The van der Waals surface area contributed by atoms with Gasteiger partial charge in [0.15, 0.2) is 0 Å². The van der Waals surface area contributed by atoms with Crippen molar-refractivity contribution >= 4 is 0 Å². The van der Waals surface area contributed by atoms with Crippen LogP contribution in [-0.4, -0.2) is 6.04 Å². The van der Waals surface area contributed by atoms with Crippen LogP contribution in [0.4, 0.5) is 0 Å². The van der Waals surface area contributed by atoms with Crippen molar-refractivity contribution in [3.63, 3.8) is 0 Å². The van der Waals surface area contributed by atoms with Crippen LogP contribution in [-0.2, 0) is 6.42 Å². The van der Waals surface area contributed by atoms with Crippen molar-refractivity contribution < 1.29 is 4.42 Å². The Kier molecular flexibility index (Phi) is 3.47. The third kappa shape index (κ3) is 2.85. The third-order valence-electron chi connectivity index (χ3n) is 3.72. The Morgan fingerprint density at radius 1 is 1.40 bits per heavy atom. The van der Waals surface area contributed by atoms with Crippen LogP contribution < -0.4 is 5.73 Å². The van der Waals surface area contributed by atoms with Gasteiger partial charge in [0, 0.05) is 6.04 Å². The molecule has 0 aromatic carbocycles. The molecule has 1 heterocycles. The minimum atomic E-state index is 0.315. The first-order chi connectivity index (χ1) is 7.25. The average molecular weight is 207 g/mol. The van der Waals surface area contributed by atoms with Gasteiger partial charge in [-0.25, -0.2) is 0 Å². The molecule has 2 heteroatoms. The van der Waals surface area contributed by atoms with Gasteiger partial charge in [0.1, 0.15) is 0 Å². The van der Waals surface area contributed by atoms with E-state index in [2.05, 4.69) is 6.92 Å². The number of rotatable bonds is 3. The largest absolute Gasteiger partial charge is 0.472 e. The molecule has 1 unspecified atom stereocenters. The fourth-order valence-electron chi connectivity index (χ4n) is 2.56. The highest BCUT2D eigenvalue weighted by molar-refractivity contribution is 5.07. The van der Waals surface area contributed by atoms with E-state index in [1.165, 1.54) is 31.2 Å². The summed E-state index contributed by atoms with van der Waals surface area (Å²) < 4.78 is 5.06. The lowest BCUT2D eigenvalue weighted by molar-refractivity contribution is 0.253. The summed E-state index contributed by atoms with van der Waals surface area (Å²) in [6, 6.07) is 2.33. The summed E-state index contributed by atoms with van der Waals surface area (Å²) in [5.74, 6) is 1.62. The SMILES string of the molecule is CC1CCC(C(N)Cc2ccoc2)CC1. The molecule has 15 heavy (non-hydrogen) atoms. The first kappa shape index (κ1) is 10.7. The van der Waals surface area contributed by atoms with Crippen molar-refractivity contribution in [1.82, 2.24) is 0 Å². The standard InChI is InChI=1S/C13H21NO/c1-10-2-4-12(5-3-10)13(14)8-11-6-7-15-9-11/h6-7,9-10,12-13H,2-5,8,14H2,1H3. The second-order valence-corrected chi connectivity index (χ2v) is 5.02. The molecule has 1 atom stereocenters. The minimum absolute atomic E-state index is 0.315. The molecule has 2 nitrogen and oxygen atoms in total. The van der Waals surface area contributed by atoms with Crippen molar-refractivity contribution in [3.8, 4) is 0 Å². The minimum Gasteiger partial charge on any atom is -0.472 e. The van der Waals surface area contributed by atoms with E-state index in [0.29, 0.717) is 6.04 Å². The van der Waals surface area contributed by atoms with Crippen molar-refractivity contribution in [2.75, 3.05) is 0 Å². The molecule has 0 saturated heterocycles. The fraction of sp³-hybridized carbons (Fsp3) is 0.692. The second-order valence-electron chi connectivity index (χ2n) is 5.02. The van der Waals surface area contributed by atoms with E-state index in [4.69, 9.17) is 10.2 Å². The van der Waals surface area contributed by atoms with Crippen molar-refractivity contribution in [2.24, 2.45) is 17.6 Å². The fourth-order valence-corrected chi connectivity index (χ4v) is 2.56. The Morgan fingerprint density at radius 2 is 2.13 bits per heavy atom. The monoisotopic (exact) mass is 207 g/mol. The zero-order chi connectivity index (χ0) is 10.7. The lowest BCUT2D eigenvalue weighted by Crippen LogP contribution is -2.34. The smallest absolute Gasteiger partial charge is 0.0935 e. The van der Waals surface area contributed by atoms with Gasteiger partial charge in [-0.15, -0.1) is 0 Å². The van der Waals surface area contributed by atoms with Crippen LogP contribution in [0.2, 0.25) is 0 Å². The van der Waals surface area contributed by atoms with Crippen LogP contribution in [0.15, 0.2) is 23.0 Å². The van der Waals surface area contributed by atoms with Gasteiger partial charge in [-0.1, -0.05) is 19.8 Å². The zero-order valence-corrected chi connectivity index (χ0v) is 9.49. The summed E-state index contributed by atoms with van der Waals surface area (Å²) in [4.78, 5) is 0. The third-order valence-corrected chi connectivity index (χ3v) is 3.72. The van der Waals surface area contributed by atoms with Crippen LogP contribution in [0, 0.1) is 11.8 Å². The summed E-state index contributed by atoms with van der Waals surface area (Å²) in [6.45, 7) is 2.35. The van der Waals surface area contributed by atoms with E-state index in [1.807, 2.05) is 12.3 Å². The predicted octanol–water partition coefficient (Wildman–Crippen LogP) is 2.98. The highest BCUT2D eigenvalue weighted by Crippen LogP contribution is 2.30. The molecule has 0 radical (unpaired) electrons. The lowest BCUT2D eigenvalue weighted by Gasteiger charge is -2.30. The Balaban J connectivity index is 1.83. The summed E-state index contributed by atoms with van der Waals surface area (Å²) >= 11 is 0. The highest BCUT2D eigenvalue weighted by atomic mass is 16.3. The van der Waals surface area contributed by atoms with Crippen LogP contribution in [0.1, 0.15) is 38.2 Å². The molecule has 0 aliphatic heterocycles. The van der Waals surface area contributed by atoms with Gasteiger partial charge in [0.2, 0.25) is 0 Å². The average Bonchev–Trinajstić information content (AvgIpc) is 2.71. The molecular weight excluding hydrogens is 186 g/mol. The molecule has 2 N–H and O–H groups in total. The Bertz CT molecular complexity index is 273. The van der Waals surface area contributed by atoms with Gasteiger partial charge in [-0.3, -0.25) is 0 Å². The summed E-state index contributed by atoms with van der Waals surface area (Å²) in [7, 11) is 0. The first-order valence-corrected chi connectivity index (χ1v) is 6.02. The van der Waals surface area contributed by atoms with Crippen LogP contribution in [0.25, 0.3) is 0 Å². The highest BCUT2D eigenvalue weighted by Gasteiger charge is 2.23. The Hall–Kier alpha value is -0.760. The van der Waals surface area contributed by atoms with Gasteiger partial charge < -0.3 is 10.2 Å². The second kappa shape index (κ2) is 4.84. The quantitative estimate of drug-likeness (QED) is 0.827. The van der Waals surface area contributed by atoms with Gasteiger partial charge in [-0.2, -0.15) is 0 Å². The van der Waals surface area contributed by atoms with E-state index < -0.39 is 0 Å². The van der Waals surface area contributed by atoms with Crippen molar-refractivity contribution in [1.29, 1.82) is 0 Å². The van der Waals surface area contributed by atoms with Gasteiger partial charge in [-0.05, 0) is 42.7 Å². The van der Waals surface area contributed by atoms with E-state index in [0.717, 1.165) is 18.3 Å². The molecular formula is C13H21NO. The molecule has 1 fully saturated rings. The molecule has 84 valence electrons. The first-order valence-electron chi connectivity index (χ1n) is 6.02. The summed E-state index contributed by atoms with van der Waals surface area (Å²) in [6.07, 6.45) is 9.82. The molecule has 1 aliphatic rings. The van der Waals surface area contributed by atoms with Crippen LogP contribution >= 0.6 is 0 Å². The van der Waals surface area contributed by atoms with E-state index >= 15 is 0 Å². The normalized spacial score (nSPS) is 28.9. The molecule has 1 aromatic rings. The van der Waals surface area contributed by atoms with Gasteiger partial charge >= 0.3 is 0 Å². The molecule has 1 aliphatic carbocycles. The maximum atomic E-state index is 6.24. The number of nitrogens with two attached hydrogens (primary N) is 1. The zero-order valence-electron chi connectivity index (χ0n) is 9.49. The maximum Gasteiger partial charge on any atom is 0.0935 e. The Labute approximate surface area is 91.8 Å². The molecule has 1 saturated carbocycles. The van der Waals surface area contributed by atoms with Crippen molar-refractivity contribution in [2.45, 2.75) is 45.1 Å². The maximum absolute atomic E-state index is 6.24. The van der Waals surface area contributed by atoms with E-state index in [9.17, 15) is 0 Å². The number of furan rings is 1. The van der Waals surface area contributed by atoms with Crippen molar-refractivity contribution in [3.05, 3.63) is 24.2 Å². The molecule has 0 spiro atoms. The summed E-state index contributed by atoms with van der Waals surface area (Å²) in [5, 5.41) is 0. The van der Waals surface area contributed by atoms with Gasteiger partial charge in [0.05, 0.1) is 12.5 Å². The molecule has 2 rings (SSSR count). The number of hydrogen-bond donors (Lipinski definition) is 1. The van der Waals surface area contributed by atoms with Crippen LogP contribution in [0.3, 0.4) is 0 Å². The molecule has 0 bridgehead atoms. The van der Waals surface area contributed by atoms with E-state index in [1.54, 1.807) is 6.26 Å². The topological polar surface area (TPSA) is 39.2 Å². The molecule has 1 aromatic heterocycles. The van der Waals surface area contributed by atoms with Gasteiger partial charge in [0.25, 0.3) is 0 Å². The number of hydrogen-bond acceptors (Lipinski definition) is 2. The summed E-state index contributed by atoms with van der Waals surface area (Å²) in [5.41, 5.74) is 7.48. The Morgan fingerprint density at radius 3 is 2.73 bits per heavy atom. The molecule has 0 amide bonds. The lowest BCUT2D eigenvalue weighted by atomic mass is 9.78. The predicted molar refractivity (Wildman–Crippen MR) is 61.5 cm³/mol.